The van der Waals surface area contributed by atoms with Crippen LogP contribution in [0.4, 0.5) is 0 Å². The number of rotatable bonds is 0. The topological polar surface area (TPSA) is 317 Å². The Bertz CT molecular complexity index is 85.9. The fraction of sp³-hybridized carbons (Fsp3) is 0. The van der Waals surface area contributed by atoms with Crippen LogP contribution in [0.1, 0.15) is 0 Å². The van der Waals surface area contributed by atoms with Crippen LogP contribution >= 0.6 is 0 Å². The molecule has 0 radical (unpaired) electrons. The molecule has 30 heteroatoms. The fourth-order valence-corrected chi connectivity index (χ4v) is 0. The minimum absolute atomic E-state index is 0. The summed E-state index contributed by atoms with van der Waals surface area (Å²) in [6, 6.07) is 0. The van der Waals surface area contributed by atoms with Crippen molar-refractivity contribution in [3.63, 3.8) is 0 Å². The second-order valence-electron chi connectivity index (χ2n) is 1.15. The van der Waals surface area contributed by atoms with Gasteiger partial charge in [0.1, 0.15) is 0 Å². The Morgan fingerprint density at radius 2 is 0.233 bits per heavy atom. The van der Waals surface area contributed by atoms with Crippen LogP contribution in [0.15, 0.2) is 0 Å². The summed E-state index contributed by atoms with van der Waals surface area (Å²) >= 11 is 0. The summed E-state index contributed by atoms with van der Waals surface area (Å²) in [5.41, 5.74) is 0. The Hall–Kier alpha value is 11.7. The molecule has 0 atom stereocenters. The molecule has 0 unspecified atom stereocenters. The minimum atomic E-state index is -2.92. The van der Waals surface area contributed by atoms with Crippen LogP contribution in [0, 0.1) is 0 Å². The first-order valence-corrected chi connectivity index (χ1v) is 3.03. The number of hydrogen-bond acceptors (Lipinski definition) is 14. The second-order valence-corrected chi connectivity index (χ2v) is 1.15. The van der Waals surface area contributed by atoms with Crippen molar-refractivity contribution < 1.29 is 425 Å². The van der Waals surface area contributed by atoms with E-state index in [1.54, 1.807) is 0 Å². The van der Waals surface area contributed by atoms with Crippen molar-refractivity contribution in [2.24, 2.45) is 0 Å². The molecule has 0 aliphatic carbocycles. The van der Waals surface area contributed by atoms with Crippen molar-refractivity contribution in [2.75, 3.05) is 0 Å². The third-order valence-electron chi connectivity index (χ3n) is 0. The van der Waals surface area contributed by atoms with Gasteiger partial charge in [-0.15, -0.1) is 0 Å². The molecule has 0 aliphatic rings. The maximum atomic E-state index is 8.42. The normalized spacial score (nSPS) is 3.80. The van der Waals surface area contributed by atoms with Gasteiger partial charge in [-0.25, -0.2) is 0 Å². The standard InChI is InChI=1S/4BO3.12Na.H2O2/c4*2-1(3)4;;;;;;;;;;;;;1-2/h;;;;;;;;;;;;;;;;1-2H/q4*-3;12*+1;. The van der Waals surface area contributed by atoms with Gasteiger partial charge in [-0.3, -0.25) is 39.8 Å². The van der Waals surface area contributed by atoms with Crippen LogP contribution in [0.5, 0.6) is 0 Å². The first-order valence-electron chi connectivity index (χ1n) is 3.03. The monoisotopic (exact) mass is 546 g/mol. The van der Waals surface area contributed by atoms with Crippen LogP contribution in [0.3, 0.4) is 0 Å². The molecule has 2 N–H and O–H groups in total. The third-order valence-corrected chi connectivity index (χ3v) is 0. The molecule has 110 valence electrons. The van der Waals surface area contributed by atoms with Gasteiger partial charge in [-0.05, 0) is 0 Å². The summed E-state index contributed by atoms with van der Waals surface area (Å²) in [5, 5.41) is 113. The summed E-state index contributed by atoms with van der Waals surface area (Å²) in [5.74, 6) is 0. The number of hydrogen-bond donors (Lipinski definition) is 2. The minimum Gasteiger partial charge on any atom is -0.907 e. The molecule has 0 aromatic rings. The molecule has 14 nitrogen and oxygen atoms in total. The first kappa shape index (κ1) is 113. The van der Waals surface area contributed by atoms with E-state index in [4.69, 9.17) is 70.8 Å². The SMILES string of the molecule is OO.[Na+].[Na+].[Na+].[Na+].[Na+].[Na+].[Na+].[Na+].[Na+].[Na+].[Na+].[Na+].[O-]B([O-])[O-].[O-]B([O-])[O-].[O-]B([O-])[O-].[O-]B([O-])[O-]. The fourth-order valence-electron chi connectivity index (χ4n) is 0. The molecule has 0 aromatic carbocycles. The third kappa shape index (κ3) is 434. The van der Waals surface area contributed by atoms with Gasteiger partial charge in [0.15, 0.2) is 0 Å². The van der Waals surface area contributed by atoms with E-state index in [9.17, 15) is 0 Å². The summed E-state index contributed by atoms with van der Waals surface area (Å²) in [6.45, 7) is 0. The maximum absolute atomic E-state index is 8.42. The van der Waals surface area contributed by atoms with Gasteiger partial charge in [0.2, 0.25) is 0 Å². The van der Waals surface area contributed by atoms with E-state index in [0.29, 0.717) is 0 Å². The van der Waals surface area contributed by atoms with Gasteiger partial charge in [0, 0.05) is 0 Å². The smallest absolute Gasteiger partial charge is 0.907 e. The predicted octanol–water partition coefficient (Wildman–Crippen LogP) is -51.7. The van der Waals surface area contributed by atoms with Crippen LogP contribution in [0.2, 0.25) is 0 Å². The Labute approximate surface area is 442 Å². The van der Waals surface area contributed by atoms with Crippen LogP contribution in [-0.2, 0) is 0 Å². The van der Waals surface area contributed by atoms with E-state index in [2.05, 4.69) is 0 Å². The van der Waals surface area contributed by atoms with Crippen molar-refractivity contribution in [3.05, 3.63) is 0 Å². The molecule has 0 saturated carbocycles. The van der Waals surface area contributed by atoms with Gasteiger partial charge in [0.05, 0.1) is 0 Å². The van der Waals surface area contributed by atoms with Crippen molar-refractivity contribution in [1.29, 1.82) is 0 Å². The van der Waals surface area contributed by atoms with E-state index in [1.807, 2.05) is 0 Å². The van der Waals surface area contributed by atoms with E-state index >= 15 is 0 Å². The second kappa shape index (κ2) is 114. The molecular weight excluding hydrogens is 543 g/mol. The summed E-state index contributed by atoms with van der Waals surface area (Å²) in [4.78, 5) is 0. The van der Waals surface area contributed by atoms with Crippen LogP contribution < -0.4 is 415 Å². The van der Waals surface area contributed by atoms with E-state index in [1.165, 1.54) is 0 Å². The molecule has 0 saturated heterocycles. The van der Waals surface area contributed by atoms with Crippen molar-refractivity contribution in [3.8, 4) is 0 Å². The van der Waals surface area contributed by atoms with Gasteiger partial charge in [0.25, 0.3) is 0 Å². The van der Waals surface area contributed by atoms with Gasteiger partial charge >= 0.3 is 355 Å². The molecule has 0 bridgehead atoms. The molecule has 0 rings (SSSR count). The zero-order valence-electron chi connectivity index (χ0n) is 20.1. The molecule has 0 amide bonds. The Morgan fingerprint density at radius 1 is 0.233 bits per heavy atom. The molecular formula is H2B4Na12O14. The summed E-state index contributed by atoms with van der Waals surface area (Å²) in [7, 11) is -11.7. The van der Waals surface area contributed by atoms with Crippen LogP contribution in [-0.4, -0.2) is 39.8 Å². The maximum Gasteiger partial charge on any atom is 1.00 e. The van der Waals surface area contributed by atoms with E-state index in [0.717, 1.165) is 0 Å². The predicted molar refractivity (Wildman–Crippen MR) is 28.3 cm³/mol. The summed E-state index contributed by atoms with van der Waals surface area (Å²) < 4.78 is 0. The first-order chi connectivity index (χ1) is 7.93. The van der Waals surface area contributed by atoms with Gasteiger partial charge < -0.3 is 60.3 Å². The largest absolute Gasteiger partial charge is 1.00 e. The Balaban J connectivity index is -0.00000000431. The van der Waals surface area contributed by atoms with Crippen LogP contribution in [0.25, 0.3) is 0 Å². The summed E-state index contributed by atoms with van der Waals surface area (Å²) in [6.07, 6.45) is 0. The zero-order chi connectivity index (χ0) is 16.3. The van der Waals surface area contributed by atoms with E-state index in [-0.39, 0.29) is 355 Å². The van der Waals surface area contributed by atoms with Crippen molar-refractivity contribution >= 4 is 29.3 Å². The molecule has 0 fully saturated rings. The van der Waals surface area contributed by atoms with Gasteiger partial charge in [-0.1, -0.05) is 0 Å². The molecule has 0 aromatic heterocycles. The average Bonchev–Trinajstić information content (AvgIpc) is 2.01. The average molecular weight is 545 g/mol. The van der Waals surface area contributed by atoms with Crippen molar-refractivity contribution in [2.45, 2.75) is 0 Å². The molecule has 30 heavy (non-hydrogen) atoms. The van der Waals surface area contributed by atoms with Gasteiger partial charge in [-0.2, -0.15) is 0 Å². The zero-order valence-corrected chi connectivity index (χ0v) is 44.1. The van der Waals surface area contributed by atoms with Crippen molar-refractivity contribution in [1.82, 2.24) is 0 Å². The molecule has 0 heterocycles. The quantitative estimate of drug-likeness (QED) is 0.162. The molecule has 0 spiro atoms. The Kier molecular flexibility index (Phi) is 431. The Morgan fingerprint density at radius 3 is 0.233 bits per heavy atom. The van der Waals surface area contributed by atoms with E-state index < -0.39 is 29.3 Å². The molecule has 0 aliphatic heterocycles.